The Balaban J connectivity index is 1.82. The summed E-state index contributed by atoms with van der Waals surface area (Å²) in [6.07, 6.45) is 1.61. The molecule has 6 heteroatoms. The third-order valence-corrected chi connectivity index (χ3v) is 3.88. The van der Waals surface area contributed by atoms with Crippen molar-refractivity contribution in [2.45, 2.75) is 26.2 Å². The number of benzene rings is 2. The van der Waals surface area contributed by atoms with Crippen molar-refractivity contribution in [2.24, 2.45) is 0 Å². The smallest absolute Gasteiger partial charge is 0.249 e. The molecule has 0 radical (unpaired) electrons. The molecule has 2 N–H and O–H groups in total. The summed E-state index contributed by atoms with van der Waals surface area (Å²) in [5.41, 5.74) is 3.07. The van der Waals surface area contributed by atoms with Gasteiger partial charge in [0.05, 0.1) is 13.3 Å². The predicted octanol–water partition coefficient (Wildman–Crippen LogP) is 4.66. The van der Waals surface area contributed by atoms with E-state index < -0.39 is 0 Å². The molecule has 134 valence electrons. The molecule has 0 fully saturated rings. The van der Waals surface area contributed by atoms with Gasteiger partial charge in [-0.15, -0.1) is 5.10 Å². The molecule has 6 nitrogen and oxygen atoms in total. The molecular formula is C20H23N5O. The van der Waals surface area contributed by atoms with E-state index >= 15 is 0 Å². The number of methoxy groups -OCH3 is 1. The average molecular weight is 349 g/mol. The van der Waals surface area contributed by atoms with Gasteiger partial charge in [-0.25, -0.2) is 0 Å². The first-order valence-electron chi connectivity index (χ1n) is 8.43. The SMILES string of the molecule is COc1cccc(Nc2nncc(Nc3ccccc3C(C)(C)C)n2)c1. The molecule has 0 aliphatic carbocycles. The standard InChI is InChI=1S/C20H23N5O/c1-20(2,3)16-10-5-6-11-17(16)23-18-13-21-25-19(24-18)22-14-8-7-9-15(12-14)26-4/h5-13H,1-4H3,(H2,22,23,24,25). The molecule has 0 aliphatic heterocycles. The van der Waals surface area contributed by atoms with E-state index in [9.17, 15) is 0 Å². The maximum Gasteiger partial charge on any atom is 0.249 e. The number of nitrogens with zero attached hydrogens (tertiary/aromatic N) is 3. The van der Waals surface area contributed by atoms with E-state index in [1.54, 1.807) is 13.3 Å². The second kappa shape index (κ2) is 7.39. The van der Waals surface area contributed by atoms with Gasteiger partial charge in [-0.1, -0.05) is 45.0 Å². The van der Waals surface area contributed by atoms with Gasteiger partial charge in [-0.05, 0) is 29.2 Å². The minimum Gasteiger partial charge on any atom is -0.497 e. The van der Waals surface area contributed by atoms with E-state index in [-0.39, 0.29) is 5.41 Å². The van der Waals surface area contributed by atoms with Gasteiger partial charge in [0.2, 0.25) is 5.95 Å². The quantitative estimate of drug-likeness (QED) is 0.698. The topological polar surface area (TPSA) is 72.0 Å². The maximum atomic E-state index is 5.23. The fraction of sp³-hybridized carbons (Fsp3) is 0.250. The fourth-order valence-electron chi connectivity index (χ4n) is 2.63. The summed E-state index contributed by atoms with van der Waals surface area (Å²) in [7, 11) is 1.63. The van der Waals surface area contributed by atoms with Gasteiger partial charge < -0.3 is 15.4 Å². The van der Waals surface area contributed by atoms with Crippen molar-refractivity contribution in [3.8, 4) is 5.75 Å². The average Bonchev–Trinajstić information content (AvgIpc) is 2.62. The Morgan fingerprint density at radius 2 is 1.77 bits per heavy atom. The van der Waals surface area contributed by atoms with Gasteiger partial charge in [0.15, 0.2) is 5.82 Å². The summed E-state index contributed by atoms with van der Waals surface area (Å²) in [5.74, 6) is 1.80. The van der Waals surface area contributed by atoms with E-state index in [0.29, 0.717) is 11.8 Å². The number of para-hydroxylation sites is 1. The Bertz CT molecular complexity index is 889. The van der Waals surface area contributed by atoms with Gasteiger partial charge in [0.1, 0.15) is 5.75 Å². The first-order chi connectivity index (χ1) is 12.5. The summed E-state index contributed by atoms with van der Waals surface area (Å²) in [4.78, 5) is 4.51. The highest BCUT2D eigenvalue weighted by Gasteiger charge is 2.17. The molecule has 2 aromatic carbocycles. The van der Waals surface area contributed by atoms with Gasteiger partial charge in [0, 0.05) is 17.4 Å². The number of rotatable bonds is 5. The maximum absolute atomic E-state index is 5.23. The molecule has 3 rings (SSSR count). The number of hydrogen-bond acceptors (Lipinski definition) is 6. The van der Waals surface area contributed by atoms with Crippen molar-refractivity contribution < 1.29 is 4.74 Å². The van der Waals surface area contributed by atoms with E-state index in [1.807, 2.05) is 42.5 Å². The Morgan fingerprint density at radius 1 is 0.962 bits per heavy atom. The molecule has 0 saturated heterocycles. The molecule has 1 aromatic heterocycles. The van der Waals surface area contributed by atoms with Gasteiger partial charge >= 0.3 is 0 Å². The normalized spacial score (nSPS) is 11.1. The molecule has 0 unspecified atom stereocenters. The van der Waals surface area contributed by atoms with Crippen LogP contribution in [0.1, 0.15) is 26.3 Å². The third kappa shape index (κ3) is 4.27. The van der Waals surface area contributed by atoms with Crippen molar-refractivity contribution in [1.82, 2.24) is 15.2 Å². The fourth-order valence-corrected chi connectivity index (χ4v) is 2.63. The van der Waals surface area contributed by atoms with Crippen LogP contribution in [0.25, 0.3) is 0 Å². The highest BCUT2D eigenvalue weighted by Crippen LogP contribution is 2.31. The van der Waals surface area contributed by atoms with Crippen LogP contribution < -0.4 is 15.4 Å². The zero-order valence-electron chi connectivity index (χ0n) is 15.4. The number of anilines is 4. The molecular weight excluding hydrogens is 326 g/mol. The summed E-state index contributed by atoms with van der Waals surface area (Å²) >= 11 is 0. The molecule has 0 atom stereocenters. The number of nitrogens with one attached hydrogen (secondary N) is 2. The molecule has 1 heterocycles. The van der Waals surface area contributed by atoms with Crippen molar-refractivity contribution >= 4 is 23.1 Å². The van der Waals surface area contributed by atoms with E-state index in [0.717, 1.165) is 17.1 Å². The van der Waals surface area contributed by atoms with Crippen LogP contribution in [0.15, 0.2) is 54.7 Å². The second-order valence-corrected chi connectivity index (χ2v) is 6.94. The molecule has 3 aromatic rings. The lowest BCUT2D eigenvalue weighted by Gasteiger charge is -2.23. The van der Waals surface area contributed by atoms with Crippen LogP contribution in [-0.4, -0.2) is 22.3 Å². The van der Waals surface area contributed by atoms with Gasteiger partial charge in [0.25, 0.3) is 0 Å². The second-order valence-electron chi connectivity index (χ2n) is 6.94. The molecule has 0 aliphatic rings. The van der Waals surface area contributed by atoms with Crippen LogP contribution in [0.3, 0.4) is 0 Å². The molecule has 0 amide bonds. The van der Waals surface area contributed by atoms with Crippen molar-refractivity contribution in [3.05, 3.63) is 60.3 Å². The van der Waals surface area contributed by atoms with E-state index in [2.05, 4.69) is 52.7 Å². The predicted molar refractivity (Wildman–Crippen MR) is 105 cm³/mol. The lowest BCUT2D eigenvalue weighted by Crippen LogP contribution is -2.14. The summed E-state index contributed by atoms with van der Waals surface area (Å²) in [6.45, 7) is 6.55. The lowest BCUT2D eigenvalue weighted by atomic mass is 9.86. The summed E-state index contributed by atoms with van der Waals surface area (Å²) in [6, 6.07) is 15.8. The molecule has 0 bridgehead atoms. The van der Waals surface area contributed by atoms with Crippen LogP contribution >= 0.6 is 0 Å². The molecule has 0 saturated carbocycles. The number of ether oxygens (including phenoxy) is 1. The van der Waals surface area contributed by atoms with Crippen LogP contribution in [0.4, 0.5) is 23.1 Å². The van der Waals surface area contributed by atoms with Gasteiger partial charge in [-0.2, -0.15) is 10.1 Å². The van der Waals surface area contributed by atoms with Crippen molar-refractivity contribution in [3.63, 3.8) is 0 Å². The van der Waals surface area contributed by atoms with Crippen molar-refractivity contribution in [2.75, 3.05) is 17.7 Å². The largest absolute Gasteiger partial charge is 0.497 e. The van der Waals surface area contributed by atoms with Crippen molar-refractivity contribution in [1.29, 1.82) is 0 Å². The first-order valence-corrected chi connectivity index (χ1v) is 8.43. The number of hydrogen-bond donors (Lipinski definition) is 2. The molecule has 0 spiro atoms. The van der Waals surface area contributed by atoms with Crippen LogP contribution in [0.5, 0.6) is 5.75 Å². The summed E-state index contributed by atoms with van der Waals surface area (Å²) in [5, 5.41) is 14.6. The highest BCUT2D eigenvalue weighted by molar-refractivity contribution is 5.63. The minimum atomic E-state index is 0.0196. The first kappa shape index (κ1) is 17.7. The van der Waals surface area contributed by atoms with E-state index in [4.69, 9.17) is 4.74 Å². The van der Waals surface area contributed by atoms with E-state index in [1.165, 1.54) is 5.56 Å². The third-order valence-electron chi connectivity index (χ3n) is 3.88. The van der Waals surface area contributed by atoms with Crippen LogP contribution in [0, 0.1) is 0 Å². The number of aromatic nitrogens is 3. The van der Waals surface area contributed by atoms with Crippen LogP contribution in [0.2, 0.25) is 0 Å². The Morgan fingerprint density at radius 3 is 2.54 bits per heavy atom. The Hall–Kier alpha value is -3.15. The monoisotopic (exact) mass is 349 g/mol. The lowest BCUT2D eigenvalue weighted by molar-refractivity contribution is 0.415. The minimum absolute atomic E-state index is 0.0196. The molecule has 26 heavy (non-hydrogen) atoms. The summed E-state index contributed by atoms with van der Waals surface area (Å²) < 4.78 is 5.23. The Kier molecular flexibility index (Phi) is 5.02. The highest BCUT2D eigenvalue weighted by atomic mass is 16.5. The van der Waals surface area contributed by atoms with Gasteiger partial charge in [-0.3, -0.25) is 0 Å². The Labute approximate surface area is 153 Å². The van der Waals surface area contributed by atoms with Crippen LogP contribution in [-0.2, 0) is 5.41 Å². The zero-order valence-corrected chi connectivity index (χ0v) is 15.4. The zero-order chi connectivity index (χ0) is 18.6.